The Bertz CT molecular complexity index is 1160. The molecule has 2 aromatic heterocycles. The molecular formula is C24H16Br2S2. The molecule has 0 saturated heterocycles. The van der Waals surface area contributed by atoms with Crippen LogP contribution in [0.3, 0.4) is 0 Å². The largest absolute Gasteiger partial charge is 0.139 e. The molecule has 0 aliphatic carbocycles. The quantitative estimate of drug-likeness (QED) is 0.200. The molecule has 0 radical (unpaired) electrons. The second-order valence-corrected chi connectivity index (χ2v) is 11.1. The molecule has 0 bridgehead atoms. The Morgan fingerprint density at radius 2 is 0.893 bits per heavy atom. The number of hydrogen-bond acceptors (Lipinski definition) is 2. The average molecular weight is 528 g/mol. The lowest BCUT2D eigenvalue weighted by atomic mass is 9.90. The highest BCUT2D eigenvalue weighted by atomic mass is 79.9. The summed E-state index contributed by atoms with van der Waals surface area (Å²) in [6.07, 6.45) is 0. The van der Waals surface area contributed by atoms with Gasteiger partial charge in [-0.15, -0.1) is 22.7 Å². The first-order valence-electron chi connectivity index (χ1n) is 9.00. The third kappa shape index (κ3) is 2.89. The molecule has 0 saturated carbocycles. The maximum atomic E-state index is 3.71. The summed E-state index contributed by atoms with van der Waals surface area (Å²) in [5.41, 5.74) is 2.67. The first-order chi connectivity index (χ1) is 13.5. The van der Waals surface area contributed by atoms with Crippen molar-refractivity contribution in [3.8, 4) is 20.9 Å². The zero-order valence-corrected chi connectivity index (χ0v) is 20.2. The Balaban J connectivity index is 1.99. The summed E-state index contributed by atoms with van der Waals surface area (Å²) in [7, 11) is 0. The molecular weight excluding hydrogens is 512 g/mol. The third-order valence-corrected chi connectivity index (χ3v) is 9.45. The van der Waals surface area contributed by atoms with Crippen LogP contribution in [-0.4, -0.2) is 0 Å². The summed E-state index contributed by atoms with van der Waals surface area (Å²) >= 11 is 11.1. The van der Waals surface area contributed by atoms with Crippen LogP contribution in [0.4, 0.5) is 0 Å². The van der Waals surface area contributed by atoms with Gasteiger partial charge in [-0.25, -0.2) is 0 Å². The van der Waals surface area contributed by atoms with Gasteiger partial charge >= 0.3 is 0 Å². The molecule has 138 valence electrons. The van der Waals surface area contributed by atoms with E-state index >= 15 is 0 Å². The molecule has 0 fully saturated rings. The highest BCUT2D eigenvalue weighted by Gasteiger charge is 2.19. The Morgan fingerprint density at radius 3 is 1.14 bits per heavy atom. The maximum Gasteiger partial charge on any atom is 0.0369 e. The standard InChI is InChI=1S/C24H16Br2S2/c1-13-19(25)11-21(27-13)23-15-7-3-5-9-17(15)24(18-10-6-4-8-16(18)23)22-12-20(26)14(2)28-22/h3-12H,1-2H3. The number of benzene rings is 3. The lowest BCUT2D eigenvalue weighted by Crippen LogP contribution is -1.88. The highest BCUT2D eigenvalue weighted by molar-refractivity contribution is 9.10. The molecule has 28 heavy (non-hydrogen) atoms. The van der Waals surface area contributed by atoms with Crippen LogP contribution in [-0.2, 0) is 0 Å². The zero-order chi connectivity index (χ0) is 19.4. The van der Waals surface area contributed by atoms with E-state index < -0.39 is 0 Å². The van der Waals surface area contributed by atoms with Crippen LogP contribution in [0.1, 0.15) is 9.75 Å². The molecule has 0 aliphatic rings. The van der Waals surface area contributed by atoms with E-state index in [4.69, 9.17) is 0 Å². The van der Waals surface area contributed by atoms with Crippen molar-refractivity contribution in [3.63, 3.8) is 0 Å². The van der Waals surface area contributed by atoms with Gasteiger partial charge in [0.05, 0.1) is 0 Å². The molecule has 4 heteroatoms. The number of aryl methyl sites for hydroxylation is 2. The fraction of sp³-hybridized carbons (Fsp3) is 0.0833. The molecule has 3 aromatic carbocycles. The van der Waals surface area contributed by atoms with E-state index in [-0.39, 0.29) is 0 Å². The molecule has 2 heterocycles. The predicted molar refractivity (Wildman–Crippen MR) is 133 cm³/mol. The fourth-order valence-corrected chi connectivity index (χ4v) is 7.04. The second-order valence-electron chi connectivity index (χ2n) is 6.87. The van der Waals surface area contributed by atoms with Crippen molar-refractivity contribution in [3.05, 3.63) is 79.4 Å². The first-order valence-corrected chi connectivity index (χ1v) is 12.2. The number of fused-ring (bicyclic) bond motifs is 2. The molecule has 0 amide bonds. The summed E-state index contributed by atoms with van der Waals surface area (Å²) in [5, 5.41) is 5.25. The summed E-state index contributed by atoms with van der Waals surface area (Å²) in [4.78, 5) is 5.24. The smallest absolute Gasteiger partial charge is 0.0369 e. The lowest BCUT2D eigenvalue weighted by molar-refractivity contribution is 1.59. The molecule has 0 atom stereocenters. The molecule has 0 unspecified atom stereocenters. The van der Waals surface area contributed by atoms with Crippen molar-refractivity contribution in [2.75, 3.05) is 0 Å². The monoisotopic (exact) mass is 526 g/mol. The molecule has 0 N–H and O–H groups in total. The fourth-order valence-electron chi connectivity index (χ4n) is 3.83. The van der Waals surface area contributed by atoms with Gasteiger partial charge in [0.25, 0.3) is 0 Å². The van der Waals surface area contributed by atoms with E-state index in [0.717, 1.165) is 0 Å². The second kappa shape index (κ2) is 7.10. The number of halogens is 2. The zero-order valence-electron chi connectivity index (χ0n) is 15.3. The highest BCUT2D eigenvalue weighted by Crippen LogP contribution is 2.48. The summed E-state index contributed by atoms with van der Waals surface area (Å²) < 4.78 is 2.37. The van der Waals surface area contributed by atoms with E-state index in [1.165, 1.54) is 61.1 Å². The van der Waals surface area contributed by atoms with Gasteiger partial charge in [0.1, 0.15) is 0 Å². The van der Waals surface area contributed by atoms with E-state index in [2.05, 4.69) is 106 Å². The van der Waals surface area contributed by atoms with Crippen molar-refractivity contribution < 1.29 is 0 Å². The van der Waals surface area contributed by atoms with Gasteiger partial charge in [-0.2, -0.15) is 0 Å². The van der Waals surface area contributed by atoms with Crippen molar-refractivity contribution in [2.45, 2.75) is 13.8 Å². The van der Waals surface area contributed by atoms with Crippen LogP contribution < -0.4 is 0 Å². The van der Waals surface area contributed by atoms with Crippen molar-refractivity contribution in [2.24, 2.45) is 0 Å². The van der Waals surface area contributed by atoms with Gasteiger partial charge in [-0.1, -0.05) is 48.5 Å². The molecule has 0 spiro atoms. The van der Waals surface area contributed by atoms with Gasteiger partial charge in [0.15, 0.2) is 0 Å². The molecule has 5 rings (SSSR count). The van der Waals surface area contributed by atoms with Crippen LogP contribution in [0.2, 0.25) is 0 Å². The SMILES string of the molecule is Cc1sc(-c2c3ccccc3c(-c3cc(Br)c(C)s3)c3ccccc23)cc1Br. The van der Waals surface area contributed by atoms with Crippen LogP contribution in [0.15, 0.2) is 69.6 Å². The van der Waals surface area contributed by atoms with Crippen molar-refractivity contribution >= 4 is 76.1 Å². The van der Waals surface area contributed by atoms with Crippen LogP contribution >= 0.6 is 54.5 Å². The maximum absolute atomic E-state index is 3.71. The summed E-state index contributed by atoms with van der Waals surface area (Å²) in [5.74, 6) is 0. The van der Waals surface area contributed by atoms with Gasteiger partial charge in [0, 0.05) is 39.6 Å². The van der Waals surface area contributed by atoms with E-state index in [1.807, 2.05) is 22.7 Å². The number of hydrogen-bond donors (Lipinski definition) is 0. The first kappa shape index (κ1) is 18.6. The van der Waals surface area contributed by atoms with E-state index in [0.29, 0.717) is 0 Å². The Labute approximate surface area is 189 Å². The minimum Gasteiger partial charge on any atom is -0.139 e. The normalized spacial score (nSPS) is 11.6. The van der Waals surface area contributed by atoms with Crippen LogP contribution in [0, 0.1) is 13.8 Å². The lowest BCUT2D eigenvalue weighted by Gasteiger charge is -2.15. The van der Waals surface area contributed by atoms with E-state index in [9.17, 15) is 0 Å². The third-order valence-electron chi connectivity index (χ3n) is 5.14. The Morgan fingerprint density at radius 1 is 0.571 bits per heavy atom. The Hall–Kier alpha value is -1.46. The minimum absolute atomic E-state index is 1.18. The molecule has 0 nitrogen and oxygen atoms in total. The Kier molecular flexibility index (Phi) is 4.71. The van der Waals surface area contributed by atoms with Crippen molar-refractivity contribution in [1.29, 1.82) is 0 Å². The number of rotatable bonds is 2. The van der Waals surface area contributed by atoms with Crippen LogP contribution in [0.25, 0.3) is 42.4 Å². The van der Waals surface area contributed by atoms with E-state index in [1.54, 1.807) is 0 Å². The average Bonchev–Trinajstić information content (AvgIpc) is 3.20. The minimum atomic E-state index is 1.18. The molecule has 5 aromatic rings. The predicted octanol–water partition coefficient (Wildman–Crippen LogP) is 9.59. The van der Waals surface area contributed by atoms with Crippen molar-refractivity contribution in [1.82, 2.24) is 0 Å². The molecule has 0 aliphatic heterocycles. The van der Waals surface area contributed by atoms with Gasteiger partial charge < -0.3 is 0 Å². The van der Waals surface area contributed by atoms with Gasteiger partial charge in [0.2, 0.25) is 0 Å². The summed E-state index contributed by atoms with van der Waals surface area (Å²) in [6.45, 7) is 4.34. The van der Waals surface area contributed by atoms with Gasteiger partial charge in [-0.05, 0) is 79.4 Å². The summed E-state index contributed by atoms with van der Waals surface area (Å²) in [6, 6.07) is 22.2. The topological polar surface area (TPSA) is 0 Å². The number of thiophene rings is 2. The van der Waals surface area contributed by atoms with Gasteiger partial charge in [-0.3, -0.25) is 0 Å². The van der Waals surface area contributed by atoms with Crippen LogP contribution in [0.5, 0.6) is 0 Å².